The fourth-order valence-electron chi connectivity index (χ4n) is 3.92. The molecule has 1 aliphatic rings. The second kappa shape index (κ2) is 12.3. The number of rotatable bonds is 8. The number of aromatic nitrogens is 1. The highest BCUT2D eigenvalue weighted by atomic mass is 16.7. The van der Waals surface area contributed by atoms with Crippen molar-refractivity contribution in [1.29, 1.82) is 0 Å². The van der Waals surface area contributed by atoms with Crippen LogP contribution in [0.3, 0.4) is 0 Å². The monoisotopic (exact) mass is 450 g/mol. The van der Waals surface area contributed by atoms with Crippen molar-refractivity contribution < 1.29 is 33.3 Å². The number of ether oxygens (including phenoxy) is 4. The maximum atomic E-state index is 13.0. The van der Waals surface area contributed by atoms with Crippen LogP contribution in [0.15, 0.2) is 12.3 Å². The summed E-state index contributed by atoms with van der Waals surface area (Å²) in [4.78, 5) is 40.9. The highest BCUT2D eigenvalue weighted by Crippen LogP contribution is 2.31. The molecule has 32 heavy (non-hydrogen) atoms. The molecule has 2 heterocycles. The molecule has 1 fully saturated rings. The van der Waals surface area contributed by atoms with Gasteiger partial charge in [-0.3, -0.25) is 9.59 Å². The third-order valence-electron chi connectivity index (χ3n) is 5.87. The first-order chi connectivity index (χ1) is 15.3. The number of cyclic esters (lactones) is 1. The van der Waals surface area contributed by atoms with E-state index in [-0.39, 0.29) is 29.2 Å². The maximum absolute atomic E-state index is 13.0. The summed E-state index contributed by atoms with van der Waals surface area (Å²) in [5.74, 6) is -0.603. The van der Waals surface area contributed by atoms with Crippen molar-refractivity contribution in [2.75, 3.05) is 13.9 Å². The third-order valence-corrected chi connectivity index (χ3v) is 5.87. The Balaban J connectivity index is 2.18. The Morgan fingerprint density at radius 1 is 1.28 bits per heavy atom. The quantitative estimate of drug-likeness (QED) is 0.474. The molecule has 178 valence electrons. The van der Waals surface area contributed by atoms with Gasteiger partial charge in [-0.1, -0.05) is 33.1 Å². The highest BCUT2D eigenvalue weighted by Gasteiger charge is 2.32. The Labute approximate surface area is 189 Å². The molecule has 1 aliphatic heterocycles. The van der Waals surface area contributed by atoms with Crippen LogP contribution in [-0.4, -0.2) is 48.9 Å². The lowest BCUT2D eigenvalue weighted by atomic mass is 9.83. The van der Waals surface area contributed by atoms with Crippen molar-refractivity contribution in [1.82, 2.24) is 10.3 Å². The molecular formula is C23H34N2O7. The second-order valence-corrected chi connectivity index (χ2v) is 8.10. The Kier molecular flexibility index (Phi) is 9.74. The van der Waals surface area contributed by atoms with Crippen LogP contribution in [0.2, 0.25) is 0 Å². The van der Waals surface area contributed by atoms with Gasteiger partial charge in [0.25, 0.3) is 5.91 Å². The van der Waals surface area contributed by atoms with Crippen LogP contribution in [0, 0.1) is 11.8 Å². The van der Waals surface area contributed by atoms with Crippen LogP contribution >= 0.6 is 0 Å². The first-order valence-electron chi connectivity index (χ1n) is 11.1. The van der Waals surface area contributed by atoms with Crippen LogP contribution in [0.25, 0.3) is 0 Å². The van der Waals surface area contributed by atoms with Gasteiger partial charge in [0, 0.05) is 19.2 Å². The van der Waals surface area contributed by atoms with E-state index in [0.29, 0.717) is 12.3 Å². The molecule has 1 amide bonds. The molecule has 1 aromatic heterocycles. The van der Waals surface area contributed by atoms with Crippen LogP contribution in [0.1, 0.15) is 70.3 Å². The number of methoxy groups -OCH3 is 1. The highest BCUT2D eigenvalue weighted by molar-refractivity contribution is 5.98. The van der Waals surface area contributed by atoms with Gasteiger partial charge < -0.3 is 24.3 Å². The Hall–Kier alpha value is -2.84. The number of nitrogens with zero attached hydrogens (tertiary/aromatic N) is 1. The zero-order valence-electron chi connectivity index (χ0n) is 19.5. The summed E-state index contributed by atoms with van der Waals surface area (Å²) in [7, 11) is 1.42. The second-order valence-electron chi connectivity index (χ2n) is 8.10. The van der Waals surface area contributed by atoms with E-state index in [4.69, 9.17) is 18.9 Å². The standard InChI is InChI=1S/C23H34N2O7/c1-6-8-17-9-7-10-18(23(28)32-15(3)14(17)2)25-22(27)20-21(31-13-30-16(4)26)19(29-5)11-12-24-20/h11-12,14-15,17-18H,6-10,13H2,1-5H3,(H,25,27)/t14-,15-,17-,18-/m0/s1. The molecule has 0 saturated carbocycles. The number of carbonyl (C=O) groups excluding carboxylic acids is 3. The topological polar surface area (TPSA) is 113 Å². The SMILES string of the molecule is CCC[C@H]1CCC[C@H](NC(=O)c2nccc(OC)c2OCOC(C)=O)C(=O)O[C@@H](C)[C@@H]1C. The van der Waals surface area contributed by atoms with Gasteiger partial charge >= 0.3 is 11.9 Å². The van der Waals surface area contributed by atoms with Crippen molar-refractivity contribution in [3.8, 4) is 11.5 Å². The molecule has 4 atom stereocenters. The van der Waals surface area contributed by atoms with Crippen LogP contribution in [0.4, 0.5) is 0 Å². The summed E-state index contributed by atoms with van der Waals surface area (Å²) in [5, 5.41) is 2.73. The molecular weight excluding hydrogens is 416 g/mol. The van der Waals surface area contributed by atoms with Gasteiger partial charge in [0.15, 0.2) is 17.2 Å². The molecule has 1 N–H and O–H groups in total. The zero-order chi connectivity index (χ0) is 23.7. The minimum Gasteiger partial charge on any atom is -0.493 e. The van der Waals surface area contributed by atoms with E-state index in [1.54, 1.807) is 0 Å². The van der Waals surface area contributed by atoms with Crippen LogP contribution < -0.4 is 14.8 Å². The van der Waals surface area contributed by atoms with Crippen molar-refractivity contribution in [2.24, 2.45) is 11.8 Å². The molecule has 1 saturated heterocycles. The lowest BCUT2D eigenvalue weighted by Gasteiger charge is -2.27. The lowest BCUT2D eigenvalue weighted by Crippen LogP contribution is -2.43. The fourth-order valence-corrected chi connectivity index (χ4v) is 3.92. The normalized spacial score (nSPS) is 23.7. The molecule has 0 aromatic carbocycles. The van der Waals surface area contributed by atoms with Crippen molar-refractivity contribution in [3.05, 3.63) is 18.0 Å². The molecule has 0 spiro atoms. The average Bonchev–Trinajstić information content (AvgIpc) is 2.80. The number of hydrogen-bond acceptors (Lipinski definition) is 8. The largest absolute Gasteiger partial charge is 0.493 e. The minimum atomic E-state index is -0.799. The van der Waals surface area contributed by atoms with E-state index in [1.807, 2.05) is 6.92 Å². The summed E-state index contributed by atoms with van der Waals surface area (Å²) >= 11 is 0. The Bertz CT molecular complexity index is 799. The number of carbonyl (C=O) groups is 3. The fraction of sp³-hybridized carbons (Fsp3) is 0.652. The molecule has 2 rings (SSSR count). The van der Waals surface area contributed by atoms with Gasteiger partial charge in [-0.15, -0.1) is 0 Å². The summed E-state index contributed by atoms with van der Waals surface area (Å²) in [5.41, 5.74) is -0.0746. The zero-order valence-corrected chi connectivity index (χ0v) is 19.5. The molecule has 0 unspecified atom stereocenters. The lowest BCUT2D eigenvalue weighted by molar-refractivity contribution is -0.153. The van der Waals surface area contributed by atoms with Crippen molar-refractivity contribution in [2.45, 2.75) is 71.9 Å². The summed E-state index contributed by atoms with van der Waals surface area (Å²) in [6.07, 6.45) is 5.54. The van der Waals surface area contributed by atoms with E-state index < -0.39 is 30.7 Å². The van der Waals surface area contributed by atoms with E-state index in [9.17, 15) is 14.4 Å². The first-order valence-corrected chi connectivity index (χ1v) is 11.1. The van der Waals surface area contributed by atoms with Crippen LogP contribution in [0.5, 0.6) is 11.5 Å². The Morgan fingerprint density at radius 2 is 2.03 bits per heavy atom. The summed E-state index contributed by atoms with van der Waals surface area (Å²) in [6.45, 7) is 7.01. The number of esters is 2. The van der Waals surface area contributed by atoms with E-state index in [1.165, 1.54) is 26.3 Å². The molecule has 0 aliphatic carbocycles. The van der Waals surface area contributed by atoms with E-state index in [0.717, 1.165) is 25.7 Å². The molecule has 9 heteroatoms. The van der Waals surface area contributed by atoms with Gasteiger partial charge in [-0.2, -0.15) is 0 Å². The number of nitrogens with one attached hydrogen (secondary N) is 1. The number of amides is 1. The molecule has 0 radical (unpaired) electrons. The first kappa shape index (κ1) is 25.4. The van der Waals surface area contributed by atoms with Crippen LogP contribution in [-0.2, 0) is 19.1 Å². The third kappa shape index (κ3) is 6.83. The van der Waals surface area contributed by atoms with Gasteiger partial charge in [0.2, 0.25) is 6.79 Å². The van der Waals surface area contributed by atoms with Crippen molar-refractivity contribution in [3.63, 3.8) is 0 Å². The smallest absolute Gasteiger partial charge is 0.328 e. The van der Waals surface area contributed by atoms with Gasteiger partial charge in [-0.05, 0) is 31.6 Å². The average molecular weight is 451 g/mol. The summed E-state index contributed by atoms with van der Waals surface area (Å²) < 4.78 is 21.2. The van der Waals surface area contributed by atoms with Gasteiger partial charge in [0.1, 0.15) is 12.1 Å². The predicted octanol–water partition coefficient (Wildman–Crippen LogP) is 3.26. The van der Waals surface area contributed by atoms with Gasteiger partial charge in [0.05, 0.1) is 7.11 Å². The number of pyridine rings is 1. The van der Waals surface area contributed by atoms with E-state index in [2.05, 4.69) is 24.1 Å². The predicted molar refractivity (Wildman–Crippen MR) is 116 cm³/mol. The number of hydrogen-bond donors (Lipinski definition) is 1. The van der Waals surface area contributed by atoms with E-state index >= 15 is 0 Å². The summed E-state index contributed by atoms with van der Waals surface area (Å²) in [6, 6.07) is 0.720. The minimum absolute atomic E-state index is 0.0233. The molecule has 1 aromatic rings. The molecule has 9 nitrogen and oxygen atoms in total. The Morgan fingerprint density at radius 3 is 2.69 bits per heavy atom. The maximum Gasteiger partial charge on any atom is 0.328 e. The molecule has 0 bridgehead atoms. The van der Waals surface area contributed by atoms with Gasteiger partial charge in [-0.25, -0.2) is 9.78 Å². The van der Waals surface area contributed by atoms with Crippen molar-refractivity contribution >= 4 is 17.8 Å².